The van der Waals surface area contributed by atoms with Gasteiger partial charge in [0.25, 0.3) is 0 Å². The van der Waals surface area contributed by atoms with Crippen LogP contribution in [-0.4, -0.2) is 42.6 Å². The van der Waals surface area contributed by atoms with Gasteiger partial charge in [0, 0.05) is 13.1 Å². The minimum absolute atomic E-state index is 0.0403. The lowest BCUT2D eigenvalue weighted by Crippen LogP contribution is -2.35. The predicted molar refractivity (Wildman–Crippen MR) is 91.4 cm³/mol. The molecule has 1 aliphatic heterocycles. The summed E-state index contributed by atoms with van der Waals surface area (Å²) in [6.07, 6.45) is -0.714. The van der Waals surface area contributed by atoms with E-state index in [4.69, 9.17) is 14.2 Å². The molecule has 1 heterocycles. The molecule has 1 aliphatic rings. The summed E-state index contributed by atoms with van der Waals surface area (Å²) in [5.74, 6) is 1.23. The molecule has 6 heteroatoms. The van der Waals surface area contributed by atoms with Crippen molar-refractivity contribution in [2.75, 3.05) is 26.5 Å². The van der Waals surface area contributed by atoms with Crippen LogP contribution < -0.4 is 14.2 Å². The number of benzene rings is 2. The molecule has 0 fully saturated rings. The molecule has 25 heavy (non-hydrogen) atoms. The lowest BCUT2D eigenvalue weighted by atomic mass is 10.2. The largest absolute Gasteiger partial charge is 0.488 e. The first-order valence-corrected chi connectivity index (χ1v) is 8.32. The summed E-state index contributed by atoms with van der Waals surface area (Å²) in [5.41, 5.74) is 1.08. The van der Waals surface area contributed by atoms with Crippen LogP contribution in [0.4, 0.5) is 4.39 Å². The Morgan fingerprint density at radius 3 is 2.80 bits per heavy atom. The number of hydrogen-bond donors (Lipinski definition) is 1. The van der Waals surface area contributed by atoms with E-state index in [0.717, 1.165) is 23.6 Å². The van der Waals surface area contributed by atoms with E-state index >= 15 is 0 Å². The van der Waals surface area contributed by atoms with E-state index in [9.17, 15) is 9.50 Å². The molecule has 2 aromatic rings. The van der Waals surface area contributed by atoms with Crippen molar-refractivity contribution in [1.29, 1.82) is 0 Å². The fourth-order valence-electron chi connectivity index (χ4n) is 2.70. The van der Waals surface area contributed by atoms with Crippen LogP contribution in [-0.2, 0) is 6.54 Å². The van der Waals surface area contributed by atoms with E-state index in [0.29, 0.717) is 13.1 Å². The molecule has 0 radical (unpaired) electrons. The number of para-hydroxylation sites is 1. The molecule has 1 N–H and O–H groups in total. The Labute approximate surface area is 146 Å². The molecule has 3 rings (SSSR count). The molecule has 0 aromatic heterocycles. The van der Waals surface area contributed by atoms with Gasteiger partial charge < -0.3 is 19.3 Å². The highest BCUT2D eigenvalue weighted by Gasteiger charge is 2.16. The molecule has 0 saturated heterocycles. The SMILES string of the molecule is CCN(Cc1ccc2c(c1)OCO2)CC(O)COc1ccccc1F. The third kappa shape index (κ3) is 4.61. The average molecular weight is 347 g/mol. The van der Waals surface area contributed by atoms with Crippen molar-refractivity contribution >= 4 is 0 Å². The highest BCUT2D eigenvalue weighted by atomic mass is 19.1. The number of hydrogen-bond acceptors (Lipinski definition) is 5. The quantitative estimate of drug-likeness (QED) is 0.796. The number of halogens is 1. The molecule has 134 valence electrons. The van der Waals surface area contributed by atoms with Gasteiger partial charge in [0.2, 0.25) is 6.79 Å². The maximum Gasteiger partial charge on any atom is 0.231 e. The zero-order chi connectivity index (χ0) is 17.6. The van der Waals surface area contributed by atoms with E-state index in [1.54, 1.807) is 18.2 Å². The maximum absolute atomic E-state index is 13.5. The minimum Gasteiger partial charge on any atom is -0.488 e. The maximum atomic E-state index is 13.5. The van der Waals surface area contributed by atoms with Crippen LogP contribution in [0.15, 0.2) is 42.5 Å². The number of aliphatic hydroxyl groups is 1. The van der Waals surface area contributed by atoms with Crippen LogP contribution in [0.25, 0.3) is 0 Å². The molecular weight excluding hydrogens is 325 g/mol. The topological polar surface area (TPSA) is 51.2 Å². The highest BCUT2D eigenvalue weighted by Crippen LogP contribution is 2.32. The van der Waals surface area contributed by atoms with E-state index < -0.39 is 11.9 Å². The number of fused-ring (bicyclic) bond motifs is 1. The zero-order valence-corrected chi connectivity index (χ0v) is 14.2. The van der Waals surface area contributed by atoms with Crippen LogP contribution in [0, 0.1) is 5.82 Å². The van der Waals surface area contributed by atoms with Gasteiger partial charge in [-0.05, 0) is 36.4 Å². The first-order chi connectivity index (χ1) is 12.2. The minimum atomic E-state index is -0.714. The van der Waals surface area contributed by atoms with Crippen LogP contribution >= 0.6 is 0 Å². The second kappa shape index (κ2) is 8.18. The van der Waals surface area contributed by atoms with Gasteiger partial charge in [0.1, 0.15) is 12.7 Å². The average Bonchev–Trinajstić information content (AvgIpc) is 3.08. The van der Waals surface area contributed by atoms with Crippen molar-refractivity contribution in [1.82, 2.24) is 4.90 Å². The monoisotopic (exact) mass is 347 g/mol. The molecule has 0 spiro atoms. The van der Waals surface area contributed by atoms with Crippen LogP contribution in [0.2, 0.25) is 0 Å². The van der Waals surface area contributed by atoms with Gasteiger partial charge >= 0.3 is 0 Å². The molecule has 1 atom stereocenters. The summed E-state index contributed by atoms with van der Waals surface area (Å²) < 4.78 is 29.6. The third-order valence-electron chi connectivity index (χ3n) is 4.03. The van der Waals surface area contributed by atoms with Crippen LogP contribution in [0.5, 0.6) is 17.2 Å². The number of aliphatic hydroxyl groups excluding tert-OH is 1. The smallest absolute Gasteiger partial charge is 0.231 e. The summed E-state index contributed by atoms with van der Waals surface area (Å²) >= 11 is 0. The van der Waals surface area contributed by atoms with E-state index in [-0.39, 0.29) is 19.1 Å². The number of likely N-dealkylation sites (N-methyl/N-ethyl adjacent to an activating group) is 1. The molecule has 2 aromatic carbocycles. The van der Waals surface area contributed by atoms with Gasteiger partial charge in [0.05, 0.1) is 0 Å². The van der Waals surface area contributed by atoms with Crippen molar-refractivity contribution in [2.45, 2.75) is 19.6 Å². The molecule has 0 saturated carbocycles. The lowest BCUT2D eigenvalue weighted by molar-refractivity contribution is 0.0660. The number of nitrogens with zero attached hydrogens (tertiary/aromatic N) is 1. The lowest BCUT2D eigenvalue weighted by Gasteiger charge is -2.24. The van der Waals surface area contributed by atoms with E-state index in [1.165, 1.54) is 6.07 Å². The highest BCUT2D eigenvalue weighted by molar-refractivity contribution is 5.44. The summed E-state index contributed by atoms with van der Waals surface area (Å²) in [6, 6.07) is 12.0. The molecule has 0 amide bonds. The zero-order valence-electron chi connectivity index (χ0n) is 14.2. The van der Waals surface area contributed by atoms with Gasteiger partial charge in [-0.1, -0.05) is 25.1 Å². The summed E-state index contributed by atoms with van der Waals surface area (Å²) in [6.45, 7) is 4.19. The molecule has 1 unspecified atom stereocenters. The van der Waals surface area contributed by atoms with E-state index in [1.807, 2.05) is 25.1 Å². The Hall–Kier alpha value is -2.31. The third-order valence-corrected chi connectivity index (χ3v) is 4.03. The first-order valence-electron chi connectivity index (χ1n) is 8.32. The van der Waals surface area contributed by atoms with Gasteiger partial charge in [-0.2, -0.15) is 0 Å². The fourth-order valence-corrected chi connectivity index (χ4v) is 2.70. The van der Waals surface area contributed by atoms with Gasteiger partial charge in [-0.3, -0.25) is 4.90 Å². The van der Waals surface area contributed by atoms with Gasteiger partial charge in [0.15, 0.2) is 23.1 Å². The molecule has 5 nitrogen and oxygen atoms in total. The second-order valence-corrected chi connectivity index (χ2v) is 5.91. The summed E-state index contributed by atoms with van der Waals surface area (Å²) in [5, 5.41) is 10.2. The Kier molecular flexibility index (Phi) is 5.73. The van der Waals surface area contributed by atoms with Crippen molar-refractivity contribution in [3.8, 4) is 17.2 Å². The number of rotatable bonds is 8. The Morgan fingerprint density at radius 2 is 2.00 bits per heavy atom. The summed E-state index contributed by atoms with van der Waals surface area (Å²) in [4.78, 5) is 2.09. The number of ether oxygens (including phenoxy) is 3. The molecule has 0 bridgehead atoms. The van der Waals surface area contributed by atoms with Crippen molar-refractivity contribution < 1.29 is 23.7 Å². The Bertz CT molecular complexity index is 710. The standard InChI is InChI=1S/C19H22FNO4/c1-2-21(10-14-7-8-18-19(9-14)25-13-24-18)11-15(22)12-23-17-6-4-3-5-16(17)20/h3-9,15,22H,2,10-13H2,1H3. The Balaban J connectivity index is 1.52. The van der Waals surface area contributed by atoms with Gasteiger partial charge in [-0.25, -0.2) is 4.39 Å². The van der Waals surface area contributed by atoms with E-state index in [2.05, 4.69) is 4.90 Å². The van der Waals surface area contributed by atoms with Crippen molar-refractivity contribution in [3.63, 3.8) is 0 Å². The second-order valence-electron chi connectivity index (χ2n) is 5.91. The normalized spacial score (nSPS) is 13.9. The summed E-state index contributed by atoms with van der Waals surface area (Å²) in [7, 11) is 0. The molecular formula is C19H22FNO4. The first kappa shape index (κ1) is 17.5. The van der Waals surface area contributed by atoms with Crippen LogP contribution in [0.1, 0.15) is 12.5 Å². The van der Waals surface area contributed by atoms with Crippen molar-refractivity contribution in [3.05, 3.63) is 53.8 Å². The van der Waals surface area contributed by atoms with Crippen LogP contribution in [0.3, 0.4) is 0 Å². The predicted octanol–water partition coefficient (Wildman–Crippen LogP) is 2.82. The Morgan fingerprint density at radius 1 is 1.20 bits per heavy atom. The van der Waals surface area contributed by atoms with Crippen molar-refractivity contribution in [2.24, 2.45) is 0 Å². The fraction of sp³-hybridized carbons (Fsp3) is 0.368. The van der Waals surface area contributed by atoms with Gasteiger partial charge in [-0.15, -0.1) is 0 Å². The molecule has 0 aliphatic carbocycles.